The summed E-state index contributed by atoms with van der Waals surface area (Å²) in [5.74, 6) is -0.928. The molecular formula is C17H25F2N. The van der Waals surface area contributed by atoms with Crippen molar-refractivity contribution in [3.63, 3.8) is 0 Å². The Morgan fingerprint density at radius 3 is 2.50 bits per heavy atom. The Balaban J connectivity index is 2.16. The van der Waals surface area contributed by atoms with Crippen LogP contribution in [-0.2, 0) is 6.42 Å². The molecule has 1 aliphatic rings. The van der Waals surface area contributed by atoms with Crippen molar-refractivity contribution >= 4 is 0 Å². The van der Waals surface area contributed by atoms with Crippen LogP contribution in [0.15, 0.2) is 18.2 Å². The number of benzene rings is 1. The number of halogens is 2. The molecule has 1 fully saturated rings. The van der Waals surface area contributed by atoms with Gasteiger partial charge in [-0.2, -0.15) is 0 Å². The van der Waals surface area contributed by atoms with Gasteiger partial charge in [-0.15, -0.1) is 0 Å². The van der Waals surface area contributed by atoms with Crippen LogP contribution < -0.4 is 5.32 Å². The lowest BCUT2D eigenvalue weighted by atomic mass is 9.69. The highest BCUT2D eigenvalue weighted by Crippen LogP contribution is 2.40. The summed E-state index contributed by atoms with van der Waals surface area (Å²) in [5.41, 5.74) is 0.832. The minimum Gasteiger partial charge on any atom is -0.313 e. The van der Waals surface area contributed by atoms with Gasteiger partial charge in [0.25, 0.3) is 0 Å². The summed E-state index contributed by atoms with van der Waals surface area (Å²) in [6.45, 7) is 5.27. The van der Waals surface area contributed by atoms with Crippen molar-refractivity contribution in [1.29, 1.82) is 0 Å². The van der Waals surface area contributed by atoms with Crippen LogP contribution in [0.25, 0.3) is 0 Å². The van der Waals surface area contributed by atoms with Crippen molar-refractivity contribution in [2.75, 3.05) is 6.54 Å². The first-order chi connectivity index (χ1) is 9.55. The van der Waals surface area contributed by atoms with Crippen molar-refractivity contribution in [2.24, 2.45) is 5.41 Å². The molecular weight excluding hydrogens is 256 g/mol. The van der Waals surface area contributed by atoms with E-state index in [0.717, 1.165) is 12.6 Å². The molecule has 1 nitrogen and oxygen atoms in total. The molecule has 2 rings (SSSR count). The van der Waals surface area contributed by atoms with Gasteiger partial charge in [-0.3, -0.25) is 0 Å². The Morgan fingerprint density at radius 2 is 1.90 bits per heavy atom. The third-order valence-corrected chi connectivity index (χ3v) is 4.73. The molecule has 0 bridgehead atoms. The Bertz CT molecular complexity index is 439. The molecule has 0 radical (unpaired) electrons. The molecule has 0 amide bonds. The molecule has 3 heteroatoms. The lowest BCUT2D eigenvalue weighted by Crippen LogP contribution is -2.46. The minimum atomic E-state index is -0.505. The Kier molecular flexibility index (Phi) is 5.14. The average Bonchev–Trinajstić information content (AvgIpc) is 2.42. The van der Waals surface area contributed by atoms with E-state index in [-0.39, 0.29) is 11.5 Å². The van der Waals surface area contributed by atoms with Crippen molar-refractivity contribution in [1.82, 2.24) is 5.32 Å². The van der Waals surface area contributed by atoms with Crippen LogP contribution in [0.4, 0.5) is 8.78 Å². The van der Waals surface area contributed by atoms with Gasteiger partial charge in [0, 0.05) is 12.1 Å². The molecule has 1 saturated carbocycles. The van der Waals surface area contributed by atoms with Gasteiger partial charge < -0.3 is 5.32 Å². The summed E-state index contributed by atoms with van der Waals surface area (Å²) in [6.07, 6.45) is 6.82. The molecule has 0 heterocycles. The van der Waals surface area contributed by atoms with E-state index in [1.807, 2.05) is 0 Å². The van der Waals surface area contributed by atoms with Crippen molar-refractivity contribution in [3.05, 3.63) is 35.4 Å². The molecule has 1 N–H and O–H groups in total. The normalized spacial score (nSPS) is 19.8. The first kappa shape index (κ1) is 15.4. The minimum absolute atomic E-state index is 0.217. The third kappa shape index (κ3) is 3.57. The van der Waals surface area contributed by atoms with Crippen LogP contribution in [-0.4, -0.2) is 12.6 Å². The molecule has 0 spiro atoms. The Morgan fingerprint density at radius 1 is 1.20 bits per heavy atom. The molecule has 0 aliphatic heterocycles. The molecule has 112 valence electrons. The summed E-state index contributed by atoms with van der Waals surface area (Å²) < 4.78 is 26.9. The van der Waals surface area contributed by atoms with E-state index in [2.05, 4.69) is 19.2 Å². The zero-order chi connectivity index (χ0) is 14.6. The smallest absolute Gasteiger partial charge is 0.129 e. The van der Waals surface area contributed by atoms with Gasteiger partial charge in [-0.25, -0.2) is 8.78 Å². The fraction of sp³-hybridized carbons (Fsp3) is 0.647. The molecule has 1 unspecified atom stereocenters. The van der Waals surface area contributed by atoms with E-state index in [4.69, 9.17) is 0 Å². The van der Waals surface area contributed by atoms with Gasteiger partial charge in [0.2, 0.25) is 0 Å². The summed E-state index contributed by atoms with van der Waals surface area (Å²) >= 11 is 0. The molecule has 1 aliphatic carbocycles. The second-order valence-corrected chi connectivity index (χ2v) is 6.26. The van der Waals surface area contributed by atoms with Crippen LogP contribution in [0.1, 0.15) is 51.5 Å². The summed E-state index contributed by atoms with van der Waals surface area (Å²) in [7, 11) is 0. The van der Waals surface area contributed by atoms with Crippen LogP contribution >= 0.6 is 0 Å². The number of hydrogen-bond donors (Lipinski definition) is 1. The summed E-state index contributed by atoms with van der Waals surface area (Å²) in [5, 5.41) is 3.52. The van der Waals surface area contributed by atoms with Crippen molar-refractivity contribution in [3.8, 4) is 0 Å². The fourth-order valence-corrected chi connectivity index (χ4v) is 3.43. The predicted octanol–water partition coefficient (Wildman–Crippen LogP) is 4.46. The van der Waals surface area contributed by atoms with Gasteiger partial charge in [-0.1, -0.05) is 39.2 Å². The summed E-state index contributed by atoms with van der Waals surface area (Å²) in [4.78, 5) is 0. The second-order valence-electron chi connectivity index (χ2n) is 6.26. The highest BCUT2D eigenvalue weighted by molar-refractivity contribution is 5.20. The van der Waals surface area contributed by atoms with Gasteiger partial charge in [0.1, 0.15) is 11.6 Å². The Labute approximate surface area is 120 Å². The molecule has 0 saturated heterocycles. The van der Waals surface area contributed by atoms with Gasteiger partial charge >= 0.3 is 0 Å². The number of rotatable bonds is 5. The average molecular weight is 281 g/mol. The second kappa shape index (κ2) is 6.66. The van der Waals surface area contributed by atoms with Crippen LogP contribution in [0.3, 0.4) is 0 Å². The van der Waals surface area contributed by atoms with Gasteiger partial charge in [0.05, 0.1) is 0 Å². The highest BCUT2D eigenvalue weighted by atomic mass is 19.1. The lowest BCUT2D eigenvalue weighted by molar-refractivity contribution is 0.144. The first-order valence-corrected chi connectivity index (χ1v) is 7.72. The Hall–Kier alpha value is -0.960. The quantitative estimate of drug-likeness (QED) is 0.840. The maximum Gasteiger partial charge on any atom is 0.129 e. The summed E-state index contributed by atoms with van der Waals surface area (Å²) in [6, 6.07) is 4.18. The maximum atomic E-state index is 13.9. The zero-order valence-electron chi connectivity index (χ0n) is 12.5. The van der Waals surface area contributed by atoms with E-state index < -0.39 is 11.6 Å². The topological polar surface area (TPSA) is 12.0 Å². The largest absolute Gasteiger partial charge is 0.313 e. The SMILES string of the molecule is CCNC(Cc1ccc(F)cc1F)C1(C)CCCCC1. The van der Waals surface area contributed by atoms with E-state index in [1.165, 1.54) is 38.2 Å². The maximum absolute atomic E-state index is 13.9. The molecule has 1 aromatic rings. The molecule has 1 atom stereocenters. The lowest BCUT2D eigenvalue weighted by Gasteiger charge is -2.41. The van der Waals surface area contributed by atoms with E-state index >= 15 is 0 Å². The van der Waals surface area contributed by atoms with E-state index in [9.17, 15) is 8.78 Å². The van der Waals surface area contributed by atoms with Crippen LogP contribution in [0, 0.1) is 17.0 Å². The van der Waals surface area contributed by atoms with Gasteiger partial charge in [-0.05, 0) is 42.9 Å². The van der Waals surface area contributed by atoms with E-state index in [1.54, 1.807) is 6.07 Å². The van der Waals surface area contributed by atoms with Crippen LogP contribution in [0.5, 0.6) is 0 Å². The van der Waals surface area contributed by atoms with Crippen molar-refractivity contribution < 1.29 is 8.78 Å². The molecule has 0 aromatic heterocycles. The van der Waals surface area contributed by atoms with Crippen LogP contribution in [0.2, 0.25) is 0 Å². The number of nitrogens with one attached hydrogen (secondary N) is 1. The zero-order valence-corrected chi connectivity index (χ0v) is 12.5. The highest BCUT2D eigenvalue weighted by Gasteiger charge is 2.35. The molecule has 20 heavy (non-hydrogen) atoms. The van der Waals surface area contributed by atoms with Gasteiger partial charge in [0.15, 0.2) is 0 Å². The number of likely N-dealkylation sites (N-methyl/N-ethyl adjacent to an activating group) is 1. The monoisotopic (exact) mass is 281 g/mol. The standard InChI is InChI=1S/C17H25F2N/c1-3-20-16(17(2)9-5-4-6-10-17)11-13-7-8-14(18)12-15(13)19/h7-8,12,16,20H,3-6,9-11H2,1-2H3. The number of hydrogen-bond acceptors (Lipinski definition) is 1. The predicted molar refractivity (Wildman–Crippen MR) is 78.7 cm³/mol. The third-order valence-electron chi connectivity index (χ3n) is 4.73. The first-order valence-electron chi connectivity index (χ1n) is 7.72. The van der Waals surface area contributed by atoms with Crippen molar-refractivity contribution in [2.45, 2.75) is 58.4 Å². The molecule has 1 aromatic carbocycles. The van der Waals surface area contributed by atoms with E-state index in [0.29, 0.717) is 12.0 Å². The fourth-order valence-electron chi connectivity index (χ4n) is 3.43.